The molecule has 0 aromatic heterocycles. The second kappa shape index (κ2) is 6.80. The molecule has 0 spiro atoms. The fraction of sp³-hybridized carbons (Fsp3) is 0.909. The summed E-state index contributed by atoms with van der Waals surface area (Å²) in [6.07, 6.45) is 4.05. The molecular weight excluding hydrogens is 194 g/mol. The average Bonchev–Trinajstić information content (AvgIpc) is 3.05. The molecule has 0 aromatic rings. The predicted octanol–water partition coefficient (Wildman–Crippen LogP) is 1.10. The molecule has 1 saturated carbocycles. The van der Waals surface area contributed by atoms with Crippen LogP contribution < -0.4 is 5.32 Å². The average molecular weight is 215 g/mol. The molecule has 1 aliphatic rings. The van der Waals surface area contributed by atoms with Gasteiger partial charge in [0.05, 0.1) is 7.11 Å². The fourth-order valence-corrected chi connectivity index (χ4v) is 1.39. The molecule has 1 fully saturated rings. The summed E-state index contributed by atoms with van der Waals surface area (Å²) in [6, 6.07) is 0.319. The zero-order valence-corrected chi connectivity index (χ0v) is 9.62. The topological polar surface area (TPSA) is 47.6 Å². The number of nitrogens with one attached hydrogen (secondary N) is 1. The van der Waals surface area contributed by atoms with Crippen LogP contribution in [-0.4, -0.2) is 38.4 Å². The Balaban J connectivity index is 2.18. The van der Waals surface area contributed by atoms with E-state index in [1.807, 2.05) is 0 Å². The van der Waals surface area contributed by atoms with Crippen molar-refractivity contribution in [2.75, 3.05) is 20.3 Å². The first-order chi connectivity index (χ1) is 7.27. The van der Waals surface area contributed by atoms with Crippen molar-refractivity contribution in [2.45, 2.75) is 44.7 Å². The first kappa shape index (κ1) is 12.5. The maximum atomic E-state index is 11.4. The van der Waals surface area contributed by atoms with E-state index in [2.05, 4.69) is 12.2 Å². The number of rotatable bonds is 8. The van der Waals surface area contributed by atoms with Crippen molar-refractivity contribution in [3.8, 4) is 0 Å². The highest BCUT2D eigenvalue weighted by Crippen LogP contribution is 2.20. The van der Waals surface area contributed by atoms with Gasteiger partial charge in [0.2, 0.25) is 0 Å². The lowest BCUT2D eigenvalue weighted by Gasteiger charge is -2.15. The van der Waals surface area contributed by atoms with Gasteiger partial charge in [-0.25, -0.2) is 0 Å². The molecule has 1 N–H and O–H groups in total. The van der Waals surface area contributed by atoms with E-state index in [0.29, 0.717) is 19.1 Å². The predicted molar refractivity (Wildman–Crippen MR) is 57.7 cm³/mol. The molecular formula is C11H21NO3. The highest BCUT2D eigenvalue weighted by atomic mass is 16.5. The van der Waals surface area contributed by atoms with Gasteiger partial charge in [-0.3, -0.25) is 4.79 Å². The van der Waals surface area contributed by atoms with Gasteiger partial charge in [0.1, 0.15) is 6.04 Å². The summed E-state index contributed by atoms with van der Waals surface area (Å²) < 4.78 is 10.1. The molecule has 4 heteroatoms. The van der Waals surface area contributed by atoms with E-state index in [1.165, 1.54) is 20.0 Å². The Morgan fingerprint density at radius 3 is 2.73 bits per heavy atom. The molecule has 0 amide bonds. The Morgan fingerprint density at radius 2 is 2.20 bits per heavy atom. The van der Waals surface area contributed by atoms with Gasteiger partial charge in [-0.05, 0) is 25.7 Å². The quantitative estimate of drug-likeness (QED) is 0.486. The summed E-state index contributed by atoms with van der Waals surface area (Å²) in [4.78, 5) is 11.4. The summed E-state index contributed by atoms with van der Waals surface area (Å²) in [5.41, 5.74) is 0. The van der Waals surface area contributed by atoms with Gasteiger partial charge in [-0.15, -0.1) is 0 Å². The molecule has 0 aromatic carbocycles. The number of carbonyl (C=O) groups excluding carboxylic acids is 1. The van der Waals surface area contributed by atoms with Gasteiger partial charge in [-0.2, -0.15) is 0 Å². The zero-order chi connectivity index (χ0) is 11.1. The molecule has 88 valence electrons. The summed E-state index contributed by atoms with van der Waals surface area (Å²) in [6.45, 7) is 3.45. The standard InChI is InChI=1S/C11H21NO3/c1-3-7-15-8-6-10(11(13)14-2)12-9-4-5-9/h9-10,12H,3-8H2,1-2H3. The van der Waals surface area contributed by atoms with E-state index in [9.17, 15) is 4.79 Å². The Hall–Kier alpha value is -0.610. The van der Waals surface area contributed by atoms with Crippen LogP contribution in [0.5, 0.6) is 0 Å². The van der Waals surface area contributed by atoms with E-state index in [-0.39, 0.29) is 12.0 Å². The third-order valence-electron chi connectivity index (χ3n) is 2.40. The Kier molecular flexibility index (Phi) is 5.65. The van der Waals surface area contributed by atoms with Gasteiger partial charge in [0.15, 0.2) is 0 Å². The molecule has 1 aliphatic carbocycles. The fourth-order valence-electron chi connectivity index (χ4n) is 1.39. The Labute approximate surface area is 91.3 Å². The minimum Gasteiger partial charge on any atom is -0.468 e. The van der Waals surface area contributed by atoms with Crippen molar-refractivity contribution in [2.24, 2.45) is 0 Å². The Morgan fingerprint density at radius 1 is 1.47 bits per heavy atom. The van der Waals surface area contributed by atoms with Crippen LogP contribution in [0.25, 0.3) is 0 Å². The minimum absolute atomic E-state index is 0.179. The molecule has 0 bridgehead atoms. The Bertz CT molecular complexity index is 192. The molecule has 1 unspecified atom stereocenters. The first-order valence-electron chi connectivity index (χ1n) is 5.69. The van der Waals surface area contributed by atoms with E-state index in [0.717, 1.165) is 13.0 Å². The van der Waals surface area contributed by atoms with Crippen molar-refractivity contribution >= 4 is 5.97 Å². The SMILES string of the molecule is CCCOCCC(NC1CC1)C(=O)OC. The molecule has 4 nitrogen and oxygen atoms in total. The van der Waals surface area contributed by atoms with Crippen LogP contribution in [0, 0.1) is 0 Å². The lowest BCUT2D eigenvalue weighted by atomic mass is 10.2. The van der Waals surface area contributed by atoms with Crippen molar-refractivity contribution < 1.29 is 14.3 Å². The van der Waals surface area contributed by atoms with Gasteiger partial charge in [0, 0.05) is 19.3 Å². The van der Waals surface area contributed by atoms with Crippen molar-refractivity contribution in [3.63, 3.8) is 0 Å². The normalized spacial score (nSPS) is 17.5. The summed E-state index contributed by atoms with van der Waals surface area (Å²) in [7, 11) is 1.43. The smallest absolute Gasteiger partial charge is 0.322 e. The lowest BCUT2D eigenvalue weighted by Crippen LogP contribution is -2.39. The van der Waals surface area contributed by atoms with Gasteiger partial charge in [-0.1, -0.05) is 6.92 Å². The van der Waals surface area contributed by atoms with E-state index in [1.54, 1.807) is 0 Å². The van der Waals surface area contributed by atoms with Gasteiger partial charge in [0.25, 0.3) is 0 Å². The number of hydrogen-bond donors (Lipinski definition) is 1. The zero-order valence-electron chi connectivity index (χ0n) is 9.62. The maximum Gasteiger partial charge on any atom is 0.322 e. The maximum absolute atomic E-state index is 11.4. The highest BCUT2D eigenvalue weighted by Gasteiger charge is 2.28. The molecule has 1 rings (SSSR count). The number of carbonyl (C=O) groups is 1. The number of hydrogen-bond acceptors (Lipinski definition) is 4. The molecule has 0 heterocycles. The monoisotopic (exact) mass is 215 g/mol. The van der Waals surface area contributed by atoms with Crippen LogP contribution in [0.3, 0.4) is 0 Å². The van der Waals surface area contributed by atoms with Crippen molar-refractivity contribution in [1.29, 1.82) is 0 Å². The molecule has 15 heavy (non-hydrogen) atoms. The van der Waals surface area contributed by atoms with Crippen LogP contribution in [0.2, 0.25) is 0 Å². The largest absolute Gasteiger partial charge is 0.468 e. The van der Waals surface area contributed by atoms with Crippen LogP contribution in [0.4, 0.5) is 0 Å². The second-order valence-corrected chi connectivity index (χ2v) is 3.92. The molecule has 0 saturated heterocycles. The molecule has 0 aliphatic heterocycles. The minimum atomic E-state index is -0.195. The van der Waals surface area contributed by atoms with Crippen LogP contribution in [0.15, 0.2) is 0 Å². The molecule has 0 radical (unpaired) electrons. The number of ether oxygens (including phenoxy) is 2. The first-order valence-corrected chi connectivity index (χ1v) is 5.69. The van der Waals surface area contributed by atoms with Crippen molar-refractivity contribution in [1.82, 2.24) is 5.32 Å². The van der Waals surface area contributed by atoms with Crippen LogP contribution in [0.1, 0.15) is 32.6 Å². The van der Waals surface area contributed by atoms with Crippen LogP contribution >= 0.6 is 0 Å². The van der Waals surface area contributed by atoms with Gasteiger partial charge >= 0.3 is 5.97 Å². The van der Waals surface area contributed by atoms with Crippen LogP contribution in [-0.2, 0) is 14.3 Å². The number of esters is 1. The van der Waals surface area contributed by atoms with E-state index < -0.39 is 0 Å². The second-order valence-electron chi connectivity index (χ2n) is 3.92. The summed E-state index contributed by atoms with van der Waals surface area (Å²) in [5, 5.41) is 3.26. The van der Waals surface area contributed by atoms with Gasteiger partial charge < -0.3 is 14.8 Å². The third-order valence-corrected chi connectivity index (χ3v) is 2.40. The molecule has 1 atom stereocenters. The summed E-state index contributed by atoms with van der Waals surface area (Å²) >= 11 is 0. The summed E-state index contributed by atoms with van der Waals surface area (Å²) in [5.74, 6) is -0.179. The number of methoxy groups -OCH3 is 1. The van der Waals surface area contributed by atoms with Crippen molar-refractivity contribution in [3.05, 3.63) is 0 Å². The van der Waals surface area contributed by atoms with E-state index in [4.69, 9.17) is 9.47 Å². The lowest BCUT2D eigenvalue weighted by molar-refractivity contribution is -0.143. The van der Waals surface area contributed by atoms with E-state index >= 15 is 0 Å². The third kappa shape index (κ3) is 5.14. The highest BCUT2D eigenvalue weighted by molar-refractivity contribution is 5.75.